The van der Waals surface area contributed by atoms with Gasteiger partial charge in [0.25, 0.3) is 5.91 Å². The fourth-order valence-electron chi connectivity index (χ4n) is 4.64. The van der Waals surface area contributed by atoms with Gasteiger partial charge < -0.3 is 14.5 Å². The summed E-state index contributed by atoms with van der Waals surface area (Å²) in [5.41, 5.74) is 1.04. The standard InChI is InChI=1S/C20H29N5O3/c1-5-9-23-18(26)16-17(22(3)20(23)27)21-19-24(11-13(2)12-25(16)19)14-7-6-8-15(10-14)28-4/h6-8,10,13,16-17,19,21H,5,9,11-12H2,1-4H3. The number of urea groups is 1. The van der Waals surface area contributed by atoms with Gasteiger partial charge in [-0.1, -0.05) is 19.9 Å². The number of methoxy groups -OCH3 is 1. The minimum absolute atomic E-state index is 0.0929. The first-order valence-electron chi connectivity index (χ1n) is 9.97. The number of carbonyl (C=O) groups is 2. The summed E-state index contributed by atoms with van der Waals surface area (Å²) in [7, 11) is 3.44. The lowest BCUT2D eigenvalue weighted by atomic mass is 10.0. The lowest BCUT2D eigenvalue weighted by molar-refractivity contribution is -0.138. The van der Waals surface area contributed by atoms with Gasteiger partial charge in [-0.25, -0.2) is 4.79 Å². The van der Waals surface area contributed by atoms with Crippen molar-refractivity contribution in [3.8, 4) is 5.75 Å². The van der Waals surface area contributed by atoms with E-state index in [1.54, 1.807) is 19.1 Å². The van der Waals surface area contributed by atoms with Gasteiger partial charge in [0.05, 0.1) is 7.11 Å². The molecule has 3 fully saturated rings. The van der Waals surface area contributed by atoms with Crippen molar-refractivity contribution in [3.63, 3.8) is 0 Å². The molecule has 3 aliphatic rings. The average molecular weight is 387 g/mol. The van der Waals surface area contributed by atoms with E-state index in [2.05, 4.69) is 28.1 Å². The highest BCUT2D eigenvalue weighted by Gasteiger charge is 2.56. The van der Waals surface area contributed by atoms with E-state index >= 15 is 0 Å². The third-order valence-corrected chi connectivity index (χ3v) is 5.92. The van der Waals surface area contributed by atoms with E-state index in [0.29, 0.717) is 12.5 Å². The van der Waals surface area contributed by atoms with Gasteiger partial charge in [-0.15, -0.1) is 0 Å². The Labute approximate surface area is 166 Å². The van der Waals surface area contributed by atoms with Crippen LogP contribution in [0.1, 0.15) is 20.3 Å². The van der Waals surface area contributed by atoms with Gasteiger partial charge in [-0.2, -0.15) is 0 Å². The highest BCUT2D eigenvalue weighted by atomic mass is 16.5. The maximum atomic E-state index is 13.2. The molecule has 4 rings (SSSR count). The van der Waals surface area contributed by atoms with Crippen molar-refractivity contribution < 1.29 is 14.3 Å². The molecule has 3 saturated heterocycles. The van der Waals surface area contributed by atoms with E-state index in [1.807, 2.05) is 25.1 Å². The first-order chi connectivity index (χ1) is 13.5. The summed E-state index contributed by atoms with van der Waals surface area (Å²) in [6, 6.07) is 7.39. The Balaban J connectivity index is 1.68. The second-order valence-electron chi connectivity index (χ2n) is 7.97. The molecule has 1 N–H and O–H groups in total. The zero-order valence-corrected chi connectivity index (χ0v) is 17.0. The van der Waals surface area contributed by atoms with Gasteiger partial charge in [0.1, 0.15) is 24.2 Å². The van der Waals surface area contributed by atoms with Crippen LogP contribution in [0.25, 0.3) is 0 Å². The maximum Gasteiger partial charge on any atom is 0.327 e. The third-order valence-electron chi connectivity index (χ3n) is 5.92. The van der Waals surface area contributed by atoms with Gasteiger partial charge in [0, 0.05) is 38.4 Å². The first kappa shape index (κ1) is 19.0. The van der Waals surface area contributed by atoms with E-state index in [-0.39, 0.29) is 30.4 Å². The molecule has 0 radical (unpaired) electrons. The number of hydrogen-bond acceptors (Lipinski definition) is 6. The third kappa shape index (κ3) is 2.91. The van der Waals surface area contributed by atoms with Crippen LogP contribution in [0.3, 0.4) is 0 Å². The zero-order valence-electron chi connectivity index (χ0n) is 17.0. The highest BCUT2D eigenvalue weighted by Crippen LogP contribution is 2.35. The normalized spacial score (nSPS) is 30.5. The lowest BCUT2D eigenvalue weighted by Crippen LogP contribution is -2.66. The van der Waals surface area contributed by atoms with E-state index in [1.165, 1.54) is 4.90 Å². The fourth-order valence-corrected chi connectivity index (χ4v) is 4.64. The predicted molar refractivity (Wildman–Crippen MR) is 106 cm³/mol. The molecule has 3 aliphatic heterocycles. The molecule has 1 aromatic rings. The molecule has 4 unspecified atom stereocenters. The summed E-state index contributed by atoms with van der Waals surface area (Å²) in [4.78, 5) is 33.5. The molecule has 3 heterocycles. The van der Waals surface area contributed by atoms with Crippen LogP contribution in [-0.4, -0.2) is 78.9 Å². The number of rotatable bonds is 4. The van der Waals surface area contributed by atoms with Crippen molar-refractivity contribution in [1.82, 2.24) is 20.0 Å². The predicted octanol–water partition coefficient (Wildman–Crippen LogP) is 1.34. The molecule has 0 bridgehead atoms. The van der Waals surface area contributed by atoms with Gasteiger partial charge >= 0.3 is 6.03 Å². The van der Waals surface area contributed by atoms with Crippen molar-refractivity contribution in [2.24, 2.45) is 5.92 Å². The van der Waals surface area contributed by atoms with Crippen molar-refractivity contribution in [2.45, 2.75) is 38.8 Å². The second-order valence-corrected chi connectivity index (χ2v) is 7.97. The largest absolute Gasteiger partial charge is 0.497 e. The number of likely N-dealkylation sites (N-methyl/N-ethyl adjacent to an activating group) is 1. The molecule has 1 aromatic carbocycles. The number of carbonyl (C=O) groups excluding carboxylic acids is 2. The summed E-state index contributed by atoms with van der Waals surface area (Å²) >= 11 is 0. The molecule has 28 heavy (non-hydrogen) atoms. The maximum absolute atomic E-state index is 13.2. The van der Waals surface area contributed by atoms with Crippen molar-refractivity contribution in [2.75, 3.05) is 38.7 Å². The van der Waals surface area contributed by atoms with Crippen LogP contribution < -0.4 is 15.0 Å². The summed E-state index contributed by atoms with van der Waals surface area (Å²) in [6.07, 6.45) is 0.293. The molecule has 8 nitrogen and oxygen atoms in total. The number of fused-ring (bicyclic) bond motifs is 3. The smallest absolute Gasteiger partial charge is 0.327 e. The average Bonchev–Trinajstić information content (AvgIpc) is 3.08. The molecule has 152 valence electrons. The Morgan fingerprint density at radius 3 is 2.75 bits per heavy atom. The second kappa shape index (κ2) is 7.25. The number of amides is 3. The quantitative estimate of drug-likeness (QED) is 0.841. The minimum Gasteiger partial charge on any atom is -0.497 e. The number of benzene rings is 1. The van der Waals surface area contributed by atoms with E-state index in [9.17, 15) is 9.59 Å². The van der Waals surface area contributed by atoms with Gasteiger partial charge in [0.2, 0.25) is 0 Å². The number of ether oxygens (including phenoxy) is 1. The summed E-state index contributed by atoms with van der Waals surface area (Å²) in [6.45, 7) is 6.32. The number of anilines is 1. The van der Waals surface area contributed by atoms with E-state index < -0.39 is 0 Å². The first-order valence-corrected chi connectivity index (χ1v) is 9.97. The minimum atomic E-state index is -0.366. The van der Waals surface area contributed by atoms with Crippen LogP contribution in [0.2, 0.25) is 0 Å². The Kier molecular flexibility index (Phi) is 4.93. The van der Waals surface area contributed by atoms with Gasteiger partial charge in [-0.05, 0) is 24.5 Å². The van der Waals surface area contributed by atoms with Crippen LogP contribution in [0, 0.1) is 5.92 Å². The summed E-state index contributed by atoms with van der Waals surface area (Å²) in [5, 5.41) is 3.54. The van der Waals surface area contributed by atoms with Crippen molar-refractivity contribution in [1.29, 1.82) is 0 Å². The number of hydrogen-bond donors (Lipinski definition) is 1. The summed E-state index contributed by atoms with van der Waals surface area (Å²) in [5.74, 6) is 1.10. The van der Waals surface area contributed by atoms with E-state index in [4.69, 9.17) is 4.74 Å². The molecular formula is C20H29N5O3. The van der Waals surface area contributed by atoms with Crippen molar-refractivity contribution in [3.05, 3.63) is 24.3 Å². The van der Waals surface area contributed by atoms with Crippen LogP contribution >= 0.6 is 0 Å². The lowest BCUT2D eigenvalue weighted by Gasteiger charge is -2.46. The molecule has 0 aliphatic carbocycles. The highest BCUT2D eigenvalue weighted by molar-refractivity contribution is 6.00. The Morgan fingerprint density at radius 2 is 2.04 bits per heavy atom. The molecule has 0 aromatic heterocycles. The molecule has 0 spiro atoms. The topological polar surface area (TPSA) is 68.4 Å². The molecular weight excluding hydrogens is 358 g/mol. The zero-order chi connectivity index (χ0) is 20.0. The molecule has 0 saturated carbocycles. The van der Waals surface area contributed by atoms with Crippen molar-refractivity contribution >= 4 is 17.6 Å². The van der Waals surface area contributed by atoms with Gasteiger partial charge in [0.15, 0.2) is 0 Å². The Morgan fingerprint density at radius 1 is 1.25 bits per heavy atom. The number of nitrogens with zero attached hydrogens (tertiary/aromatic N) is 4. The Hall–Kier alpha value is -2.32. The summed E-state index contributed by atoms with van der Waals surface area (Å²) < 4.78 is 5.39. The SMILES string of the molecule is CCCN1C(=O)C2C(NC3N(c4cccc(OC)c4)CC(C)CN23)N(C)C1=O. The number of nitrogens with one attached hydrogen (secondary N) is 1. The van der Waals surface area contributed by atoms with Crippen LogP contribution in [-0.2, 0) is 4.79 Å². The Bertz CT molecular complexity index is 772. The molecule has 4 atom stereocenters. The van der Waals surface area contributed by atoms with E-state index in [0.717, 1.165) is 30.9 Å². The van der Waals surface area contributed by atoms with Gasteiger partial charge in [-0.3, -0.25) is 19.9 Å². The number of imide groups is 1. The molecule has 8 heteroatoms. The fraction of sp³-hybridized carbons (Fsp3) is 0.600. The van der Waals surface area contributed by atoms with Crippen LogP contribution in [0.4, 0.5) is 10.5 Å². The molecule has 3 amide bonds. The van der Waals surface area contributed by atoms with Crippen LogP contribution in [0.15, 0.2) is 24.3 Å². The van der Waals surface area contributed by atoms with Crippen LogP contribution in [0.5, 0.6) is 5.75 Å². The monoisotopic (exact) mass is 387 g/mol.